The normalized spacial score (nSPS) is 11.6. The van der Waals surface area contributed by atoms with E-state index in [2.05, 4.69) is 10.1 Å². The van der Waals surface area contributed by atoms with Crippen molar-refractivity contribution in [2.45, 2.75) is 6.92 Å². The summed E-state index contributed by atoms with van der Waals surface area (Å²) in [5.74, 6) is -1.43. The number of hydrogen-bond acceptors (Lipinski definition) is 5. The molecule has 0 aliphatic rings. The number of hydrogen-bond donors (Lipinski definition) is 1. The van der Waals surface area contributed by atoms with Crippen LogP contribution in [0.4, 0.5) is 0 Å². The van der Waals surface area contributed by atoms with Gasteiger partial charge in [0.05, 0.1) is 25.8 Å². The van der Waals surface area contributed by atoms with Gasteiger partial charge in [-0.3, -0.25) is 14.4 Å². The van der Waals surface area contributed by atoms with Gasteiger partial charge in [-0.1, -0.05) is 6.92 Å². The second-order valence-electron chi connectivity index (χ2n) is 4.36. The number of likely N-dealkylation sites (N-methyl/N-ethyl adjacent to an activating group) is 1. The number of methoxy groups -OCH3 is 1. The van der Waals surface area contributed by atoms with E-state index in [-0.39, 0.29) is 30.7 Å². The van der Waals surface area contributed by atoms with Crippen LogP contribution in [0.1, 0.15) is 17.5 Å². The minimum atomic E-state index is -0.460. The van der Waals surface area contributed by atoms with Crippen LogP contribution < -0.4 is 5.32 Å². The van der Waals surface area contributed by atoms with Crippen molar-refractivity contribution in [1.82, 2.24) is 10.2 Å². The molecule has 0 radical (unpaired) electrons. The maximum absolute atomic E-state index is 11.8. The van der Waals surface area contributed by atoms with Crippen LogP contribution in [0.2, 0.25) is 0 Å². The molecule has 0 saturated heterocycles. The minimum Gasteiger partial charge on any atom is -0.469 e. The highest BCUT2D eigenvalue weighted by molar-refractivity contribution is 5.94. The fourth-order valence-corrected chi connectivity index (χ4v) is 1.57. The predicted molar refractivity (Wildman–Crippen MR) is 69.9 cm³/mol. The first-order chi connectivity index (χ1) is 9.45. The number of esters is 1. The van der Waals surface area contributed by atoms with Gasteiger partial charge in [0.25, 0.3) is 5.91 Å². The zero-order valence-corrected chi connectivity index (χ0v) is 11.7. The summed E-state index contributed by atoms with van der Waals surface area (Å²) in [7, 11) is 2.85. The molecule has 1 aromatic heterocycles. The average molecular weight is 282 g/mol. The van der Waals surface area contributed by atoms with Crippen LogP contribution in [0, 0.1) is 5.92 Å². The molecule has 1 atom stereocenters. The summed E-state index contributed by atoms with van der Waals surface area (Å²) in [5.41, 5.74) is 0. The van der Waals surface area contributed by atoms with E-state index in [9.17, 15) is 14.4 Å². The molecule has 0 aliphatic heterocycles. The number of furan rings is 1. The SMILES string of the molecule is COC(=O)C(C)CN(C)C(=O)CNC(=O)c1ccco1. The largest absolute Gasteiger partial charge is 0.469 e. The van der Waals surface area contributed by atoms with Gasteiger partial charge in [-0.05, 0) is 12.1 Å². The molecule has 0 saturated carbocycles. The molecule has 2 amide bonds. The standard InChI is InChI=1S/C13H18N2O5/c1-9(13(18)19-3)8-15(2)11(16)7-14-12(17)10-5-4-6-20-10/h4-6,9H,7-8H2,1-3H3,(H,14,17). The first-order valence-electron chi connectivity index (χ1n) is 6.09. The van der Waals surface area contributed by atoms with Gasteiger partial charge >= 0.3 is 5.97 Å². The molecule has 1 heterocycles. The lowest BCUT2D eigenvalue weighted by Crippen LogP contribution is -2.41. The van der Waals surface area contributed by atoms with Crippen molar-refractivity contribution in [3.05, 3.63) is 24.2 Å². The Labute approximate surface area is 116 Å². The van der Waals surface area contributed by atoms with E-state index in [0.29, 0.717) is 0 Å². The lowest BCUT2D eigenvalue weighted by molar-refractivity contribution is -0.146. The second kappa shape index (κ2) is 7.32. The third-order valence-electron chi connectivity index (χ3n) is 2.72. The Kier molecular flexibility index (Phi) is 5.76. The number of nitrogens with one attached hydrogen (secondary N) is 1. The van der Waals surface area contributed by atoms with Gasteiger partial charge in [-0.15, -0.1) is 0 Å². The first-order valence-corrected chi connectivity index (χ1v) is 6.09. The monoisotopic (exact) mass is 282 g/mol. The number of carbonyl (C=O) groups is 3. The summed E-state index contributed by atoms with van der Waals surface area (Å²) in [6, 6.07) is 3.09. The summed E-state index contributed by atoms with van der Waals surface area (Å²) in [4.78, 5) is 36.0. The zero-order valence-electron chi connectivity index (χ0n) is 11.7. The highest BCUT2D eigenvalue weighted by Crippen LogP contribution is 2.01. The number of ether oxygens (including phenoxy) is 1. The van der Waals surface area contributed by atoms with Gasteiger partial charge in [0.2, 0.25) is 5.91 Å². The molecule has 7 heteroatoms. The van der Waals surface area contributed by atoms with Crippen molar-refractivity contribution in [3.63, 3.8) is 0 Å². The lowest BCUT2D eigenvalue weighted by Gasteiger charge is -2.20. The van der Waals surface area contributed by atoms with Crippen LogP contribution in [0.15, 0.2) is 22.8 Å². The molecule has 0 spiro atoms. The zero-order chi connectivity index (χ0) is 15.1. The molecule has 0 fully saturated rings. The smallest absolute Gasteiger partial charge is 0.310 e. The van der Waals surface area contributed by atoms with Crippen molar-refractivity contribution < 1.29 is 23.5 Å². The van der Waals surface area contributed by atoms with Crippen molar-refractivity contribution >= 4 is 17.8 Å². The second-order valence-corrected chi connectivity index (χ2v) is 4.36. The molecule has 1 rings (SSSR count). The molecule has 1 aromatic rings. The Hall–Kier alpha value is -2.31. The molecule has 110 valence electrons. The van der Waals surface area contributed by atoms with E-state index in [4.69, 9.17) is 4.42 Å². The van der Waals surface area contributed by atoms with Gasteiger partial charge in [-0.2, -0.15) is 0 Å². The summed E-state index contributed by atoms with van der Waals surface area (Å²) in [5, 5.41) is 2.44. The summed E-state index contributed by atoms with van der Waals surface area (Å²) >= 11 is 0. The number of amides is 2. The molecule has 1 N–H and O–H groups in total. The van der Waals surface area contributed by atoms with Crippen molar-refractivity contribution in [2.75, 3.05) is 27.2 Å². The van der Waals surface area contributed by atoms with Gasteiger partial charge in [-0.25, -0.2) is 0 Å². The summed E-state index contributed by atoms with van der Waals surface area (Å²) < 4.78 is 9.48. The van der Waals surface area contributed by atoms with Crippen LogP contribution in [0.5, 0.6) is 0 Å². The van der Waals surface area contributed by atoms with E-state index in [0.717, 1.165) is 0 Å². The maximum atomic E-state index is 11.8. The molecule has 7 nitrogen and oxygen atoms in total. The highest BCUT2D eigenvalue weighted by atomic mass is 16.5. The summed E-state index contributed by atoms with van der Waals surface area (Å²) in [6.45, 7) is 1.73. The lowest BCUT2D eigenvalue weighted by atomic mass is 10.2. The molecule has 0 bridgehead atoms. The third-order valence-corrected chi connectivity index (χ3v) is 2.72. The van der Waals surface area contributed by atoms with Crippen LogP contribution >= 0.6 is 0 Å². The maximum Gasteiger partial charge on any atom is 0.310 e. The van der Waals surface area contributed by atoms with Gasteiger partial charge < -0.3 is 19.4 Å². The quantitative estimate of drug-likeness (QED) is 0.757. The fourth-order valence-electron chi connectivity index (χ4n) is 1.57. The van der Waals surface area contributed by atoms with Crippen molar-refractivity contribution in [3.8, 4) is 0 Å². The van der Waals surface area contributed by atoms with E-state index in [1.165, 1.54) is 24.3 Å². The Morgan fingerprint density at radius 1 is 1.45 bits per heavy atom. The summed E-state index contributed by atoms with van der Waals surface area (Å²) in [6.07, 6.45) is 1.38. The number of carbonyl (C=O) groups excluding carboxylic acids is 3. The van der Waals surface area contributed by atoms with Crippen molar-refractivity contribution in [2.24, 2.45) is 5.92 Å². The minimum absolute atomic E-state index is 0.142. The van der Waals surface area contributed by atoms with Crippen LogP contribution in [-0.2, 0) is 14.3 Å². The number of nitrogens with zero attached hydrogens (tertiary/aromatic N) is 1. The Bertz CT molecular complexity index is 469. The predicted octanol–water partition coefficient (Wildman–Crippen LogP) is 0.277. The van der Waals surface area contributed by atoms with Crippen molar-refractivity contribution in [1.29, 1.82) is 0 Å². The van der Waals surface area contributed by atoms with E-state index < -0.39 is 11.8 Å². The molecule has 0 aliphatic carbocycles. The van der Waals surface area contributed by atoms with Gasteiger partial charge in [0, 0.05) is 13.6 Å². The molecule has 20 heavy (non-hydrogen) atoms. The molecule has 0 aromatic carbocycles. The van der Waals surface area contributed by atoms with E-state index >= 15 is 0 Å². The topological polar surface area (TPSA) is 88.9 Å². The van der Waals surface area contributed by atoms with Gasteiger partial charge in [0.1, 0.15) is 0 Å². The highest BCUT2D eigenvalue weighted by Gasteiger charge is 2.19. The first kappa shape index (κ1) is 15.7. The van der Waals surface area contributed by atoms with Crippen LogP contribution in [-0.4, -0.2) is 49.9 Å². The fraction of sp³-hybridized carbons (Fsp3) is 0.462. The molecule has 1 unspecified atom stereocenters. The van der Waals surface area contributed by atoms with Crippen LogP contribution in [0.25, 0.3) is 0 Å². The van der Waals surface area contributed by atoms with E-state index in [1.54, 1.807) is 20.0 Å². The van der Waals surface area contributed by atoms with Gasteiger partial charge in [0.15, 0.2) is 5.76 Å². The van der Waals surface area contributed by atoms with Crippen LogP contribution in [0.3, 0.4) is 0 Å². The Morgan fingerprint density at radius 3 is 2.70 bits per heavy atom. The molecular weight excluding hydrogens is 264 g/mol. The Morgan fingerprint density at radius 2 is 2.15 bits per heavy atom. The third kappa shape index (κ3) is 4.42. The number of rotatable bonds is 6. The Balaban J connectivity index is 2.38. The van der Waals surface area contributed by atoms with E-state index in [1.807, 2.05) is 0 Å². The average Bonchev–Trinajstić information content (AvgIpc) is 2.97. The molecular formula is C13H18N2O5.